The minimum atomic E-state index is -0.304. The van der Waals surface area contributed by atoms with Crippen LogP contribution in [-0.2, 0) is 0 Å². The Hall–Kier alpha value is -2.12. The smallest absolute Gasteiger partial charge is 0.159 e. The first-order chi connectivity index (χ1) is 8.15. The van der Waals surface area contributed by atoms with E-state index in [4.69, 9.17) is 17.3 Å². The van der Waals surface area contributed by atoms with E-state index >= 15 is 0 Å². The third-order valence-corrected chi connectivity index (χ3v) is 2.12. The van der Waals surface area contributed by atoms with Gasteiger partial charge in [0.1, 0.15) is 11.0 Å². The highest BCUT2D eigenvalue weighted by Crippen LogP contribution is 2.09. The first-order valence-electron chi connectivity index (χ1n) is 4.71. The number of nitrogens with zero attached hydrogens (tertiary/aromatic N) is 2. The van der Waals surface area contributed by atoms with E-state index < -0.39 is 0 Å². The van der Waals surface area contributed by atoms with E-state index in [0.29, 0.717) is 11.3 Å². The van der Waals surface area contributed by atoms with Gasteiger partial charge in [-0.25, -0.2) is 14.4 Å². The number of hydrogen-bond donors (Lipinski definition) is 1. The molecule has 0 saturated carbocycles. The molecular weight excluding hydrogens is 241 g/mol. The molecule has 5 heteroatoms. The SMILES string of the molecule is Nc1nc(Cl)cnc1C#Cc1ccc(F)cc1. The molecule has 0 bridgehead atoms. The zero-order valence-electron chi connectivity index (χ0n) is 8.61. The molecule has 0 spiro atoms. The minimum Gasteiger partial charge on any atom is -0.381 e. The van der Waals surface area contributed by atoms with E-state index in [-0.39, 0.29) is 16.8 Å². The number of nitrogen functional groups attached to an aromatic ring is 1. The van der Waals surface area contributed by atoms with Crippen molar-refractivity contribution in [1.29, 1.82) is 0 Å². The highest BCUT2D eigenvalue weighted by molar-refractivity contribution is 6.29. The van der Waals surface area contributed by atoms with Gasteiger partial charge in [0.15, 0.2) is 11.5 Å². The minimum absolute atomic E-state index is 0.173. The van der Waals surface area contributed by atoms with Gasteiger partial charge in [0.05, 0.1) is 6.20 Å². The van der Waals surface area contributed by atoms with Crippen molar-refractivity contribution in [1.82, 2.24) is 9.97 Å². The summed E-state index contributed by atoms with van der Waals surface area (Å²) in [6, 6.07) is 5.81. The average Bonchev–Trinajstić information content (AvgIpc) is 2.30. The molecule has 0 amide bonds. The first kappa shape index (κ1) is 11.4. The molecule has 1 aromatic heterocycles. The Kier molecular flexibility index (Phi) is 3.22. The van der Waals surface area contributed by atoms with Gasteiger partial charge in [-0.1, -0.05) is 17.5 Å². The molecule has 84 valence electrons. The fourth-order valence-corrected chi connectivity index (χ4v) is 1.28. The summed E-state index contributed by atoms with van der Waals surface area (Å²) in [7, 11) is 0. The maximum Gasteiger partial charge on any atom is 0.159 e. The number of rotatable bonds is 0. The van der Waals surface area contributed by atoms with Crippen molar-refractivity contribution < 1.29 is 4.39 Å². The molecule has 0 aliphatic heterocycles. The van der Waals surface area contributed by atoms with Crippen LogP contribution in [0.15, 0.2) is 30.5 Å². The van der Waals surface area contributed by atoms with Crippen molar-refractivity contribution in [3.05, 3.63) is 52.7 Å². The lowest BCUT2D eigenvalue weighted by molar-refractivity contribution is 0.627. The van der Waals surface area contributed by atoms with Gasteiger partial charge in [-0.15, -0.1) is 0 Å². The molecule has 2 N–H and O–H groups in total. The van der Waals surface area contributed by atoms with E-state index in [2.05, 4.69) is 21.8 Å². The lowest BCUT2D eigenvalue weighted by Gasteiger charge is -1.95. The molecule has 0 saturated heterocycles. The summed E-state index contributed by atoms with van der Waals surface area (Å²) in [6.45, 7) is 0. The van der Waals surface area contributed by atoms with Gasteiger partial charge >= 0.3 is 0 Å². The molecule has 3 nitrogen and oxygen atoms in total. The van der Waals surface area contributed by atoms with Crippen LogP contribution in [0.25, 0.3) is 0 Å². The summed E-state index contributed by atoms with van der Waals surface area (Å²) in [5, 5.41) is 0.217. The number of nitrogens with two attached hydrogens (primary N) is 1. The maximum absolute atomic E-state index is 12.7. The molecule has 0 fully saturated rings. The van der Waals surface area contributed by atoms with Crippen molar-refractivity contribution in [2.45, 2.75) is 0 Å². The molecule has 0 unspecified atom stereocenters. The second-order valence-corrected chi connectivity index (χ2v) is 3.57. The van der Waals surface area contributed by atoms with Crippen LogP contribution in [0.1, 0.15) is 11.3 Å². The largest absolute Gasteiger partial charge is 0.381 e. The fraction of sp³-hybridized carbons (Fsp3) is 0. The lowest BCUT2D eigenvalue weighted by Crippen LogP contribution is -1.97. The molecular formula is C12H7ClFN3. The zero-order valence-corrected chi connectivity index (χ0v) is 9.37. The molecule has 0 aliphatic carbocycles. The normalized spacial score (nSPS) is 9.53. The standard InChI is InChI=1S/C12H7ClFN3/c13-11-7-16-10(12(15)17-11)6-3-8-1-4-9(14)5-2-8/h1-2,4-5,7H,(H2,15,17). The van der Waals surface area contributed by atoms with Gasteiger partial charge in [0.2, 0.25) is 0 Å². The second-order valence-electron chi connectivity index (χ2n) is 3.18. The van der Waals surface area contributed by atoms with Crippen molar-refractivity contribution in [3.8, 4) is 11.8 Å². The highest BCUT2D eigenvalue weighted by Gasteiger charge is 1.99. The third-order valence-electron chi connectivity index (χ3n) is 1.94. The van der Waals surface area contributed by atoms with Gasteiger partial charge < -0.3 is 5.73 Å². The van der Waals surface area contributed by atoms with E-state index in [1.165, 1.54) is 18.3 Å². The van der Waals surface area contributed by atoms with Crippen LogP contribution in [0.5, 0.6) is 0 Å². The molecule has 1 heterocycles. The molecule has 1 aromatic carbocycles. The Labute approximate surface area is 102 Å². The van der Waals surface area contributed by atoms with Crippen LogP contribution in [0.4, 0.5) is 10.2 Å². The van der Waals surface area contributed by atoms with E-state index in [1.807, 2.05) is 0 Å². The summed E-state index contributed by atoms with van der Waals surface area (Å²) in [6.07, 6.45) is 1.37. The average molecular weight is 248 g/mol. The second kappa shape index (κ2) is 4.81. The van der Waals surface area contributed by atoms with E-state index in [9.17, 15) is 4.39 Å². The quantitative estimate of drug-likeness (QED) is 0.727. The number of hydrogen-bond acceptors (Lipinski definition) is 3. The highest BCUT2D eigenvalue weighted by atomic mass is 35.5. The summed E-state index contributed by atoms with van der Waals surface area (Å²) < 4.78 is 12.7. The Bertz CT molecular complexity index is 599. The summed E-state index contributed by atoms with van der Waals surface area (Å²) >= 11 is 5.61. The number of halogens is 2. The van der Waals surface area contributed by atoms with Gasteiger partial charge in [-0.05, 0) is 30.2 Å². The van der Waals surface area contributed by atoms with Gasteiger partial charge in [0.25, 0.3) is 0 Å². The molecule has 2 rings (SSSR count). The topological polar surface area (TPSA) is 51.8 Å². The van der Waals surface area contributed by atoms with Crippen molar-refractivity contribution in [2.24, 2.45) is 0 Å². The maximum atomic E-state index is 12.7. The molecule has 17 heavy (non-hydrogen) atoms. The predicted molar refractivity (Wildman–Crippen MR) is 63.8 cm³/mol. The van der Waals surface area contributed by atoms with E-state index in [1.54, 1.807) is 12.1 Å². The summed E-state index contributed by atoms with van der Waals surface area (Å²) in [5.74, 6) is 5.42. The first-order valence-corrected chi connectivity index (χ1v) is 5.08. The van der Waals surface area contributed by atoms with Crippen LogP contribution >= 0.6 is 11.6 Å². The van der Waals surface area contributed by atoms with Crippen LogP contribution in [-0.4, -0.2) is 9.97 Å². The molecule has 2 aromatic rings. The zero-order chi connectivity index (χ0) is 12.3. The van der Waals surface area contributed by atoms with Crippen LogP contribution in [0, 0.1) is 17.7 Å². The Morgan fingerprint density at radius 3 is 2.53 bits per heavy atom. The number of benzene rings is 1. The van der Waals surface area contributed by atoms with E-state index in [0.717, 1.165) is 0 Å². The van der Waals surface area contributed by atoms with Crippen LogP contribution < -0.4 is 5.73 Å². The predicted octanol–water partition coefficient (Wildman–Crippen LogP) is 2.25. The third kappa shape index (κ3) is 2.92. The monoisotopic (exact) mass is 247 g/mol. The van der Waals surface area contributed by atoms with Crippen molar-refractivity contribution >= 4 is 17.4 Å². The molecule has 0 radical (unpaired) electrons. The lowest BCUT2D eigenvalue weighted by atomic mass is 10.2. The summed E-state index contributed by atoms with van der Waals surface area (Å²) in [5.41, 5.74) is 6.60. The summed E-state index contributed by atoms with van der Waals surface area (Å²) in [4.78, 5) is 7.76. The Morgan fingerprint density at radius 1 is 1.18 bits per heavy atom. The Morgan fingerprint density at radius 2 is 1.88 bits per heavy atom. The Balaban J connectivity index is 2.29. The van der Waals surface area contributed by atoms with Gasteiger partial charge in [-0.3, -0.25) is 0 Å². The van der Waals surface area contributed by atoms with Gasteiger partial charge in [-0.2, -0.15) is 0 Å². The molecule has 0 aliphatic rings. The van der Waals surface area contributed by atoms with Crippen molar-refractivity contribution in [2.75, 3.05) is 5.73 Å². The van der Waals surface area contributed by atoms with Crippen LogP contribution in [0.2, 0.25) is 5.15 Å². The van der Waals surface area contributed by atoms with Crippen molar-refractivity contribution in [3.63, 3.8) is 0 Å². The molecule has 0 atom stereocenters. The van der Waals surface area contributed by atoms with Gasteiger partial charge in [0, 0.05) is 5.56 Å². The number of anilines is 1. The number of aromatic nitrogens is 2. The fourth-order valence-electron chi connectivity index (χ4n) is 1.14. The van der Waals surface area contributed by atoms with Crippen LogP contribution in [0.3, 0.4) is 0 Å².